The molecule has 1 aromatic carbocycles. The van der Waals surface area contributed by atoms with Gasteiger partial charge in [0.25, 0.3) is 0 Å². The van der Waals surface area contributed by atoms with Gasteiger partial charge in [0.2, 0.25) is 0 Å². The Morgan fingerprint density at radius 2 is 2.36 bits per heavy atom. The summed E-state index contributed by atoms with van der Waals surface area (Å²) in [6, 6.07) is 7.41. The normalized spacial score (nSPS) is 9.36. The number of rotatable bonds is 5. The van der Waals surface area contributed by atoms with Crippen molar-refractivity contribution in [2.75, 3.05) is 23.8 Å². The summed E-state index contributed by atoms with van der Waals surface area (Å²) < 4.78 is 5.46. The van der Waals surface area contributed by atoms with E-state index in [0.29, 0.717) is 6.61 Å². The number of anilines is 1. The van der Waals surface area contributed by atoms with Crippen LogP contribution in [0.2, 0.25) is 0 Å². The molecule has 3 heteroatoms. The van der Waals surface area contributed by atoms with Crippen molar-refractivity contribution in [3.8, 4) is 18.1 Å². The molecular weight excluding hydrogens is 194 g/mol. The Hall–Kier alpha value is -1.27. The Labute approximate surface area is 88.8 Å². The lowest BCUT2D eigenvalue weighted by atomic mass is 10.3. The number of terminal acetylenes is 1. The maximum absolute atomic E-state index is 5.60. The van der Waals surface area contributed by atoms with Gasteiger partial charge in [0.15, 0.2) is 0 Å². The van der Waals surface area contributed by atoms with Crippen LogP contribution in [-0.4, -0.2) is 18.1 Å². The van der Waals surface area contributed by atoms with E-state index in [2.05, 4.69) is 5.92 Å². The predicted octanol–water partition coefficient (Wildman–Crippen LogP) is 2.01. The molecule has 0 saturated carbocycles. The third-order valence-corrected chi connectivity index (χ3v) is 2.37. The van der Waals surface area contributed by atoms with Crippen molar-refractivity contribution in [1.29, 1.82) is 0 Å². The van der Waals surface area contributed by atoms with E-state index >= 15 is 0 Å². The molecule has 0 aliphatic heterocycles. The lowest BCUT2D eigenvalue weighted by molar-refractivity contribution is 0.344. The van der Waals surface area contributed by atoms with E-state index in [-0.39, 0.29) is 0 Å². The van der Waals surface area contributed by atoms with Crippen LogP contribution in [-0.2, 0) is 0 Å². The van der Waals surface area contributed by atoms with Crippen molar-refractivity contribution in [1.82, 2.24) is 0 Å². The Bertz CT molecular complexity index is 319. The van der Waals surface area contributed by atoms with Crippen LogP contribution in [0.3, 0.4) is 0 Å². The van der Waals surface area contributed by atoms with Crippen molar-refractivity contribution < 1.29 is 4.74 Å². The highest BCUT2D eigenvalue weighted by Gasteiger charge is 1.93. The predicted molar refractivity (Wildman–Crippen MR) is 62.5 cm³/mol. The van der Waals surface area contributed by atoms with Crippen molar-refractivity contribution in [2.24, 2.45) is 0 Å². The third-order valence-electron chi connectivity index (χ3n) is 1.54. The quantitative estimate of drug-likeness (QED) is 0.456. The number of benzene rings is 1. The SMILES string of the molecule is C#CCSCCOc1cccc(N)c1. The minimum atomic E-state index is 0.663. The first kappa shape index (κ1) is 10.8. The molecule has 0 unspecified atom stereocenters. The molecule has 0 fully saturated rings. The Balaban J connectivity index is 2.22. The molecule has 0 aromatic heterocycles. The Kier molecular flexibility index (Phi) is 4.81. The second-order valence-corrected chi connectivity index (χ2v) is 3.78. The minimum Gasteiger partial charge on any atom is -0.493 e. The smallest absolute Gasteiger partial charge is 0.121 e. The molecule has 1 rings (SSSR count). The first-order chi connectivity index (χ1) is 6.83. The van der Waals surface area contributed by atoms with E-state index in [1.54, 1.807) is 11.8 Å². The van der Waals surface area contributed by atoms with Crippen LogP contribution in [0.1, 0.15) is 0 Å². The van der Waals surface area contributed by atoms with Crippen molar-refractivity contribution in [3.05, 3.63) is 24.3 Å². The molecule has 0 amide bonds. The van der Waals surface area contributed by atoms with Crippen LogP contribution in [0.4, 0.5) is 5.69 Å². The molecule has 0 aliphatic rings. The maximum Gasteiger partial charge on any atom is 0.121 e. The van der Waals surface area contributed by atoms with Crippen LogP contribution in [0.15, 0.2) is 24.3 Å². The first-order valence-electron chi connectivity index (χ1n) is 4.32. The van der Waals surface area contributed by atoms with E-state index in [0.717, 1.165) is 22.9 Å². The first-order valence-corrected chi connectivity index (χ1v) is 5.48. The zero-order valence-electron chi connectivity index (χ0n) is 7.90. The summed E-state index contributed by atoms with van der Waals surface area (Å²) in [6.45, 7) is 0.663. The molecule has 0 spiro atoms. The lowest BCUT2D eigenvalue weighted by Gasteiger charge is -2.05. The topological polar surface area (TPSA) is 35.2 Å². The van der Waals surface area contributed by atoms with Gasteiger partial charge in [-0.1, -0.05) is 12.0 Å². The van der Waals surface area contributed by atoms with Gasteiger partial charge in [-0.05, 0) is 12.1 Å². The summed E-state index contributed by atoms with van der Waals surface area (Å²) in [7, 11) is 0. The van der Waals surface area contributed by atoms with E-state index in [4.69, 9.17) is 16.9 Å². The zero-order valence-corrected chi connectivity index (χ0v) is 8.72. The second-order valence-electron chi connectivity index (χ2n) is 2.68. The standard InChI is InChI=1S/C11H13NOS/c1-2-7-14-8-6-13-11-5-3-4-10(12)9-11/h1,3-5,9H,6-8,12H2. The summed E-state index contributed by atoms with van der Waals surface area (Å²) in [4.78, 5) is 0. The van der Waals surface area contributed by atoms with E-state index in [1.807, 2.05) is 24.3 Å². The largest absolute Gasteiger partial charge is 0.493 e. The molecule has 74 valence electrons. The van der Waals surface area contributed by atoms with Gasteiger partial charge in [-0.3, -0.25) is 0 Å². The highest BCUT2D eigenvalue weighted by molar-refractivity contribution is 7.99. The molecular formula is C11H13NOS. The van der Waals surface area contributed by atoms with Crippen LogP contribution < -0.4 is 10.5 Å². The van der Waals surface area contributed by atoms with Crippen molar-refractivity contribution >= 4 is 17.4 Å². The molecule has 2 N–H and O–H groups in total. The van der Waals surface area contributed by atoms with E-state index in [9.17, 15) is 0 Å². The minimum absolute atomic E-state index is 0.663. The van der Waals surface area contributed by atoms with Crippen LogP contribution in [0.5, 0.6) is 5.75 Å². The second kappa shape index (κ2) is 6.22. The van der Waals surface area contributed by atoms with Gasteiger partial charge in [0.05, 0.1) is 12.4 Å². The number of hydrogen-bond donors (Lipinski definition) is 1. The van der Waals surface area contributed by atoms with Crippen LogP contribution >= 0.6 is 11.8 Å². The summed E-state index contributed by atoms with van der Waals surface area (Å²) in [5, 5.41) is 0. The van der Waals surface area contributed by atoms with Gasteiger partial charge in [0, 0.05) is 17.5 Å². The zero-order chi connectivity index (χ0) is 10.2. The number of thioether (sulfide) groups is 1. The highest BCUT2D eigenvalue weighted by atomic mass is 32.2. The maximum atomic E-state index is 5.60. The van der Waals surface area contributed by atoms with Gasteiger partial charge in [-0.15, -0.1) is 18.2 Å². The highest BCUT2D eigenvalue weighted by Crippen LogP contribution is 2.14. The van der Waals surface area contributed by atoms with Gasteiger partial charge < -0.3 is 10.5 Å². The molecule has 0 bridgehead atoms. The van der Waals surface area contributed by atoms with Gasteiger partial charge in [0.1, 0.15) is 5.75 Å². The summed E-state index contributed by atoms with van der Waals surface area (Å²) >= 11 is 1.68. The number of ether oxygens (including phenoxy) is 1. The molecule has 1 aromatic rings. The number of nitrogens with two attached hydrogens (primary N) is 1. The molecule has 0 radical (unpaired) electrons. The average molecular weight is 207 g/mol. The van der Waals surface area contributed by atoms with Crippen molar-refractivity contribution in [3.63, 3.8) is 0 Å². The number of hydrogen-bond acceptors (Lipinski definition) is 3. The average Bonchev–Trinajstić information content (AvgIpc) is 2.18. The van der Waals surface area contributed by atoms with E-state index in [1.165, 1.54) is 0 Å². The van der Waals surface area contributed by atoms with Crippen LogP contribution in [0.25, 0.3) is 0 Å². The summed E-state index contributed by atoms with van der Waals surface area (Å²) in [5.41, 5.74) is 6.32. The third kappa shape index (κ3) is 4.11. The van der Waals surface area contributed by atoms with Gasteiger partial charge in [-0.25, -0.2) is 0 Å². The molecule has 14 heavy (non-hydrogen) atoms. The molecule has 0 aliphatic carbocycles. The van der Waals surface area contributed by atoms with Gasteiger partial charge in [-0.2, -0.15) is 0 Å². The molecule has 0 saturated heterocycles. The van der Waals surface area contributed by atoms with E-state index < -0.39 is 0 Å². The van der Waals surface area contributed by atoms with Crippen LogP contribution in [0, 0.1) is 12.3 Å². The monoisotopic (exact) mass is 207 g/mol. The fourth-order valence-electron chi connectivity index (χ4n) is 0.954. The van der Waals surface area contributed by atoms with Crippen molar-refractivity contribution in [2.45, 2.75) is 0 Å². The molecule has 0 atom stereocenters. The fourth-order valence-corrected chi connectivity index (χ4v) is 1.42. The Morgan fingerprint density at radius 1 is 1.50 bits per heavy atom. The lowest BCUT2D eigenvalue weighted by Crippen LogP contribution is -2.00. The summed E-state index contributed by atoms with van der Waals surface area (Å²) in [6.07, 6.45) is 5.11. The van der Waals surface area contributed by atoms with Gasteiger partial charge >= 0.3 is 0 Å². The number of nitrogen functional groups attached to an aromatic ring is 1. The molecule has 2 nitrogen and oxygen atoms in total. The molecule has 0 heterocycles. The summed E-state index contributed by atoms with van der Waals surface area (Å²) in [5.74, 6) is 5.01. The Morgan fingerprint density at radius 3 is 3.07 bits per heavy atom. The fraction of sp³-hybridized carbons (Fsp3) is 0.273.